The fourth-order valence-corrected chi connectivity index (χ4v) is 2.30. The molecule has 1 rings (SSSR count). The molecule has 0 fully saturated rings. The molecule has 0 aliphatic heterocycles. The van der Waals surface area contributed by atoms with Crippen LogP contribution in [0, 0.1) is 5.82 Å². The highest BCUT2D eigenvalue weighted by Crippen LogP contribution is 2.32. The van der Waals surface area contributed by atoms with Crippen molar-refractivity contribution < 1.29 is 17.9 Å². The van der Waals surface area contributed by atoms with Crippen LogP contribution in [-0.2, 0) is 0 Å². The molecule has 0 bridgehead atoms. The number of hydrogen-bond donors (Lipinski definition) is 0. The largest absolute Gasteiger partial charge is 0.491 e. The van der Waals surface area contributed by atoms with Crippen LogP contribution in [-0.4, -0.2) is 6.61 Å². The molecule has 0 atom stereocenters. The van der Waals surface area contributed by atoms with E-state index in [1.54, 1.807) is 13.0 Å². The highest BCUT2D eigenvalue weighted by atomic mass is 19.3. The lowest BCUT2D eigenvalue weighted by Gasteiger charge is -2.11. The molecule has 0 amide bonds. The van der Waals surface area contributed by atoms with Crippen molar-refractivity contribution in [3.05, 3.63) is 35.2 Å². The minimum absolute atomic E-state index is 0.116. The first-order chi connectivity index (χ1) is 10.6. The van der Waals surface area contributed by atoms with Crippen LogP contribution < -0.4 is 4.74 Å². The van der Waals surface area contributed by atoms with Crippen molar-refractivity contribution in [3.63, 3.8) is 0 Å². The number of rotatable bonds is 10. The zero-order valence-corrected chi connectivity index (χ0v) is 13.4. The number of hydrogen-bond acceptors (Lipinski definition) is 1. The van der Waals surface area contributed by atoms with Crippen LogP contribution in [0.5, 0.6) is 5.75 Å². The molecule has 0 saturated carbocycles. The molecule has 22 heavy (non-hydrogen) atoms. The van der Waals surface area contributed by atoms with E-state index in [2.05, 4.69) is 6.92 Å². The zero-order valence-electron chi connectivity index (χ0n) is 13.4. The van der Waals surface area contributed by atoms with Gasteiger partial charge in [-0.2, -0.15) is 0 Å². The van der Waals surface area contributed by atoms with Gasteiger partial charge in [-0.05, 0) is 31.4 Å². The highest BCUT2D eigenvalue weighted by Gasteiger charge is 2.20. The van der Waals surface area contributed by atoms with E-state index in [0.29, 0.717) is 0 Å². The average Bonchev–Trinajstić information content (AvgIpc) is 2.48. The van der Waals surface area contributed by atoms with Crippen LogP contribution in [0.3, 0.4) is 0 Å². The van der Waals surface area contributed by atoms with E-state index < -0.39 is 17.8 Å². The van der Waals surface area contributed by atoms with Gasteiger partial charge in [-0.3, -0.25) is 0 Å². The van der Waals surface area contributed by atoms with E-state index in [1.165, 1.54) is 31.4 Å². The summed E-state index contributed by atoms with van der Waals surface area (Å²) in [6.07, 6.45) is 7.17. The smallest absolute Gasteiger partial charge is 0.267 e. The summed E-state index contributed by atoms with van der Waals surface area (Å²) in [5.41, 5.74) is -0.349. The van der Waals surface area contributed by atoms with Crippen LogP contribution in [0.15, 0.2) is 18.2 Å². The van der Waals surface area contributed by atoms with Crippen LogP contribution in [0.25, 0.3) is 6.08 Å². The summed E-state index contributed by atoms with van der Waals surface area (Å²) < 4.78 is 45.3. The molecule has 1 aromatic rings. The second-order valence-electron chi connectivity index (χ2n) is 5.22. The second kappa shape index (κ2) is 10.3. The van der Waals surface area contributed by atoms with Gasteiger partial charge in [0.05, 0.1) is 12.2 Å². The predicted molar refractivity (Wildman–Crippen MR) is 84.9 cm³/mol. The van der Waals surface area contributed by atoms with Gasteiger partial charge >= 0.3 is 0 Å². The van der Waals surface area contributed by atoms with Crippen LogP contribution in [0.4, 0.5) is 13.2 Å². The summed E-state index contributed by atoms with van der Waals surface area (Å²) in [6, 6.07) is 2.90. The quantitative estimate of drug-likeness (QED) is 0.446. The molecule has 1 nitrogen and oxygen atoms in total. The molecule has 0 radical (unpaired) electrons. The lowest BCUT2D eigenvalue weighted by atomic mass is 10.0. The summed E-state index contributed by atoms with van der Waals surface area (Å²) in [7, 11) is 0. The highest BCUT2D eigenvalue weighted by molar-refractivity contribution is 5.56. The van der Waals surface area contributed by atoms with E-state index in [-0.39, 0.29) is 17.9 Å². The Hall–Kier alpha value is -1.45. The van der Waals surface area contributed by atoms with Gasteiger partial charge in [-0.15, -0.1) is 0 Å². The molecule has 0 spiro atoms. The van der Waals surface area contributed by atoms with Gasteiger partial charge in [0.15, 0.2) is 11.6 Å². The van der Waals surface area contributed by atoms with E-state index in [1.807, 2.05) is 6.08 Å². The van der Waals surface area contributed by atoms with E-state index >= 15 is 0 Å². The van der Waals surface area contributed by atoms with Gasteiger partial charge in [-0.25, -0.2) is 13.2 Å². The molecule has 1 aromatic carbocycles. The fourth-order valence-electron chi connectivity index (χ4n) is 2.30. The first-order valence-electron chi connectivity index (χ1n) is 8.01. The average molecular weight is 314 g/mol. The third-order valence-electron chi connectivity index (χ3n) is 3.47. The minimum Gasteiger partial charge on any atom is -0.491 e. The van der Waals surface area contributed by atoms with Gasteiger partial charge in [0, 0.05) is 0 Å². The van der Waals surface area contributed by atoms with Crippen molar-refractivity contribution in [1.82, 2.24) is 0 Å². The molecule has 0 aliphatic carbocycles. The Morgan fingerprint density at radius 3 is 2.45 bits per heavy atom. The van der Waals surface area contributed by atoms with Crippen molar-refractivity contribution in [2.75, 3.05) is 6.61 Å². The molecule has 0 N–H and O–H groups in total. The van der Waals surface area contributed by atoms with Gasteiger partial charge in [0.2, 0.25) is 0 Å². The third kappa shape index (κ3) is 5.74. The molecule has 0 saturated heterocycles. The van der Waals surface area contributed by atoms with Crippen molar-refractivity contribution >= 4 is 6.08 Å². The molecule has 0 unspecified atom stereocenters. The molecule has 0 aromatic heterocycles. The van der Waals surface area contributed by atoms with E-state index in [9.17, 15) is 13.2 Å². The minimum atomic E-state index is -2.86. The van der Waals surface area contributed by atoms with E-state index in [0.717, 1.165) is 19.3 Å². The van der Waals surface area contributed by atoms with Gasteiger partial charge in [0.25, 0.3) is 6.43 Å². The van der Waals surface area contributed by atoms with Crippen LogP contribution >= 0.6 is 0 Å². The number of benzene rings is 1. The lowest BCUT2D eigenvalue weighted by molar-refractivity contribution is 0.144. The molecular weight excluding hydrogens is 289 g/mol. The fraction of sp³-hybridized carbons (Fsp3) is 0.556. The Morgan fingerprint density at radius 2 is 1.82 bits per heavy atom. The van der Waals surface area contributed by atoms with Gasteiger partial charge < -0.3 is 4.74 Å². The third-order valence-corrected chi connectivity index (χ3v) is 3.47. The molecule has 4 heteroatoms. The predicted octanol–water partition coefficient (Wildman–Crippen LogP) is 6.54. The van der Waals surface area contributed by atoms with Crippen molar-refractivity contribution in [2.24, 2.45) is 0 Å². The van der Waals surface area contributed by atoms with Crippen LogP contribution in [0.2, 0.25) is 0 Å². The van der Waals surface area contributed by atoms with Crippen molar-refractivity contribution in [3.8, 4) is 5.75 Å². The van der Waals surface area contributed by atoms with Crippen molar-refractivity contribution in [2.45, 2.75) is 58.8 Å². The Balaban J connectivity index is 2.71. The SMILES string of the molecule is CCCCCCC/C=C/c1ccc(OCC)c(F)c1C(F)F. The maximum absolute atomic E-state index is 14.0. The monoisotopic (exact) mass is 314 g/mol. The molecule has 124 valence electrons. The molecule has 0 aliphatic rings. The lowest BCUT2D eigenvalue weighted by Crippen LogP contribution is -2.01. The Morgan fingerprint density at radius 1 is 1.09 bits per heavy atom. The topological polar surface area (TPSA) is 9.23 Å². The van der Waals surface area contributed by atoms with Crippen molar-refractivity contribution in [1.29, 1.82) is 0 Å². The van der Waals surface area contributed by atoms with E-state index in [4.69, 9.17) is 4.74 Å². The standard InChI is InChI=1S/C18H25F3O/c1-3-5-6-7-8-9-10-11-14-12-13-15(22-4-2)17(19)16(14)18(20)21/h10-13,18H,3-9H2,1-2H3/b11-10+. The number of alkyl halides is 2. The first kappa shape index (κ1) is 18.6. The van der Waals surface area contributed by atoms with Gasteiger partial charge in [0.1, 0.15) is 0 Å². The maximum Gasteiger partial charge on any atom is 0.267 e. The normalized spacial score (nSPS) is 11.5. The number of unbranched alkanes of at least 4 members (excludes halogenated alkanes) is 5. The van der Waals surface area contributed by atoms with Crippen LogP contribution in [0.1, 0.15) is 69.9 Å². The summed E-state index contributed by atoms with van der Waals surface area (Å²) in [6.45, 7) is 4.09. The number of ether oxygens (including phenoxy) is 1. The Labute approximate surface area is 131 Å². The summed E-state index contributed by atoms with van der Waals surface area (Å²) >= 11 is 0. The molecular formula is C18H25F3O. The Bertz CT molecular complexity index is 470. The first-order valence-corrected chi connectivity index (χ1v) is 8.01. The number of allylic oxidation sites excluding steroid dienone is 1. The second-order valence-corrected chi connectivity index (χ2v) is 5.22. The summed E-state index contributed by atoms with van der Waals surface area (Å²) in [4.78, 5) is 0. The van der Waals surface area contributed by atoms with Gasteiger partial charge in [-0.1, -0.05) is 50.8 Å². The Kier molecular flexibility index (Phi) is 8.71. The molecule has 0 heterocycles. The number of halogens is 3. The summed E-state index contributed by atoms with van der Waals surface area (Å²) in [5.74, 6) is -1.07. The zero-order chi connectivity index (χ0) is 16.4. The summed E-state index contributed by atoms with van der Waals surface area (Å²) in [5, 5.41) is 0. The maximum atomic E-state index is 14.0.